The number of carbonyl (C=O) groups excluding carboxylic acids is 1. The first kappa shape index (κ1) is 17.8. The largest absolute Gasteiger partial charge is 0.378 e. The summed E-state index contributed by atoms with van der Waals surface area (Å²) >= 11 is 7.81. The fourth-order valence-electron chi connectivity index (χ4n) is 3.48. The molecular formula is C19H18ClFN2O2S. The van der Waals surface area contributed by atoms with Crippen molar-refractivity contribution in [2.24, 2.45) is 0 Å². The highest BCUT2D eigenvalue weighted by molar-refractivity contribution is 8.01. The van der Waals surface area contributed by atoms with Gasteiger partial charge in [-0.3, -0.25) is 4.79 Å². The number of ether oxygens (including phenoxy) is 1. The molecule has 0 radical (unpaired) electrons. The van der Waals surface area contributed by atoms with E-state index in [0.29, 0.717) is 37.9 Å². The third kappa shape index (κ3) is 3.10. The van der Waals surface area contributed by atoms with Gasteiger partial charge in [0, 0.05) is 29.7 Å². The number of morpholine rings is 1. The first-order chi connectivity index (χ1) is 12.5. The van der Waals surface area contributed by atoms with Crippen LogP contribution in [-0.2, 0) is 16.0 Å². The Kier molecular flexibility index (Phi) is 4.67. The first-order valence-electron chi connectivity index (χ1n) is 8.47. The molecular weight excluding hydrogens is 375 g/mol. The second kappa shape index (κ2) is 6.83. The van der Waals surface area contributed by atoms with E-state index in [4.69, 9.17) is 16.3 Å². The van der Waals surface area contributed by atoms with Crippen LogP contribution < -0.4 is 0 Å². The Morgan fingerprint density at radius 2 is 2.00 bits per heavy atom. The molecule has 7 heteroatoms. The zero-order valence-corrected chi connectivity index (χ0v) is 15.9. The predicted molar refractivity (Wildman–Crippen MR) is 100 cm³/mol. The van der Waals surface area contributed by atoms with Crippen LogP contribution in [0.15, 0.2) is 35.4 Å². The molecule has 2 aliphatic heterocycles. The smallest absolute Gasteiger partial charge is 0.239 e. The van der Waals surface area contributed by atoms with Crippen LogP contribution in [0.1, 0.15) is 12.5 Å². The van der Waals surface area contributed by atoms with E-state index in [1.165, 1.54) is 23.9 Å². The molecule has 1 saturated heterocycles. The third-order valence-electron chi connectivity index (χ3n) is 4.84. The minimum atomic E-state index is -0.624. The molecule has 4 rings (SSSR count). The van der Waals surface area contributed by atoms with E-state index in [-0.39, 0.29) is 11.7 Å². The summed E-state index contributed by atoms with van der Waals surface area (Å²) in [5, 5.41) is 0.411. The second-order valence-corrected chi connectivity index (χ2v) is 8.56. The van der Waals surface area contributed by atoms with Gasteiger partial charge in [0.2, 0.25) is 5.91 Å². The normalized spacial score (nSPS) is 22.3. The van der Waals surface area contributed by atoms with Crippen LogP contribution >= 0.6 is 23.4 Å². The van der Waals surface area contributed by atoms with Crippen molar-refractivity contribution in [1.29, 1.82) is 0 Å². The molecule has 1 unspecified atom stereocenters. The second-order valence-electron chi connectivity index (χ2n) is 6.69. The SMILES string of the molecule is CC1(C(=O)N2CCOCC2)Cc2c(-c3ccc(F)cc3)cnc(Cl)c2S1. The molecule has 1 fully saturated rings. The Morgan fingerprint density at radius 1 is 1.31 bits per heavy atom. The van der Waals surface area contributed by atoms with Crippen LogP contribution in [0.2, 0.25) is 5.15 Å². The van der Waals surface area contributed by atoms with Gasteiger partial charge in [0.15, 0.2) is 0 Å². The lowest BCUT2D eigenvalue weighted by Crippen LogP contribution is -2.49. The third-order valence-corrected chi connectivity index (χ3v) is 6.65. The molecule has 1 aromatic carbocycles. The topological polar surface area (TPSA) is 42.4 Å². The molecule has 26 heavy (non-hydrogen) atoms. The zero-order valence-electron chi connectivity index (χ0n) is 14.3. The van der Waals surface area contributed by atoms with Gasteiger partial charge in [-0.1, -0.05) is 23.7 Å². The van der Waals surface area contributed by atoms with Crippen molar-refractivity contribution >= 4 is 29.3 Å². The highest BCUT2D eigenvalue weighted by Crippen LogP contribution is 2.51. The van der Waals surface area contributed by atoms with Crippen molar-refractivity contribution in [3.63, 3.8) is 0 Å². The standard InChI is InChI=1S/C19H18ClFN2O2S/c1-19(18(24)23-6-8-25-9-7-23)10-14-15(11-22-17(20)16(14)26-19)12-2-4-13(21)5-3-12/h2-5,11H,6-10H2,1H3. The number of pyridine rings is 1. The molecule has 1 aromatic heterocycles. The number of aromatic nitrogens is 1. The van der Waals surface area contributed by atoms with Crippen LogP contribution in [-0.4, -0.2) is 46.8 Å². The Bertz CT molecular complexity index is 855. The van der Waals surface area contributed by atoms with E-state index >= 15 is 0 Å². The van der Waals surface area contributed by atoms with Crippen molar-refractivity contribution in [1.82, 2.24) is 9.88 Å². The van der Waals surface area contributed by atoms with E-state index < -0.39 is 4.75 Å². The minimum absolute atomic E-state index is 0.100. The lowest BCUT2D eigenvalue weighted by atomic mass is 9.93. The Morgan fingerprint density at radius 3 is 2.69 bits per heavy atom. The van der Waals surface area contributed by atoms with E-state index in [1.54, 1.807) is 18.3 Å². The van der Waals surface area contributed by atoms with Gasteiger partial charge >= 0.3 is 0 Å². The van der Waals surface area contributed by atoms with Gasteiger partial charge in [0.05, 0.1) is 13.2 Å². The highest BCUT2D eigenvalue weighted by Gasteiger charge is 2.45. The van der Waals surface area contributed by atoms with E-state index in [9.17, 15) is 9.18 Å². The summed E-state index contributed by atoms with van der Waals surface area (Å²) in [6, 6.07) is 6.31. The van der Waals surface area contributed by atoms with Gasteiger partial charge in [-0.25, -0.2) is 9.37 Å². The average Bonchev–Trinajstić information content (AvgIpc) is 3.03. The highest BCUT2D eigenvalue weighted by atomic mass is 35.5. The van der Waals surface area contributed by atoms with Gasteiger partial charge in [-0.15, -0.1) is 11.8 Å². The van der Waals surface area contributed by atoms with Crippen LogP contribution in [0.25, 0.3) is 11.1 Å². The Labute approximate surface area is 160 Å². The van der Waals surface area contributed by atoms with Crippen molar-refractivity contribution in [2.45, 2.75) is 23.0 Å². The van der Waals surface area contributed by atoms with Gasteiger partial charge in [-0.2, -0.15) is 0 Å². The molecule has 136 valence electrons. The molecule has 2 aromatic rings. The Hall–Kier alpha value is -1.63. The van der Waals surface area contributed by atoms with Crippen molar-refractivity contribution in [3.05, 3.63) is 47.0 Å². The lowest BCUT2D eigenvalue weighted by molar-refractivity contribution is -0.137. The van der Waals surface area contributed by atoms with Crippen molar-refractivity contribution in [2.75, 3.05) is 26.3 Å². The van der Waals surface area contributed by atoms with Gasteiger partial charge < -0.3 is 9.64 Å². The summed E-state index contributed by atoms with van der Waals surface area (Å²) in [4.78, 5) is 20.1. The summed E-state index contributed by atoms with van der Waals surface area (Å²) in [6.45, 7) is 4.33. The molecule has 2 aliphatic rings. The quantitative estimate of drug-likeness (QED) is 0.729. The number of thioether (sulfide) groups is 1. The molecule has 0 spiro atoms. The van der Waals surface area contributed by atoms with Crippen molar-refractivity contribution in [3.8, 4) is 11.1 Å². The number of fused-ring (bicyclic) bond motifs is 1. The van der Waals surface area contributed by atoms with Crippen LogP contribution in [0, 0.1) is 5.82 Å². The number of rotatable bonds is 2. The maximum absolute atomic E-state index is 13.3. The number of hydrogen-bond donors (Lipinski definition) is 0. The van der Waals surface area contributed by atoms with E-state index in [1.807, 2.05) is 11.8 Å². The molecule has 3 heterocycles. The van der Waals surface area contributed by atoms with Gasteiger partial charge in [-0.05, 0) is 36.6 Å². The monoisotopic (exact) mass is 392 g/mol. The molecule has 0 saturated carbocycles. The number of halogens is 2. The zero-order chi connectivity index (χ0) is 18.3. The molecule has 4 nitrogen and oxygen atoms in total. The molecule has 1 atom stereocenters. The average molecular weight is 393 g/mol. The molecule has 1 amide bonds. The molecule has 0 N–H and O–H groups in total. The minimum Gasteiger partial charge on any atom is -0.378 e. The number of amides is 1. The number of hydrogen-bond acceptors (Lipinski definition) is 4. The van der Waals surface area contributed by atoms with Crippen LogP contribution in [0.3, 0.4) is 0 Å². The van der Waals surface area contributed by atoms with Crippen molar-refractivity contribution < 1.29 is 13.9 Å². The van der Waals surface area contributed by atoms with E-state index in [0.717, 1.165) is 21.6 Å². The maximum Gasteiger partial charge on any atom is 0.239 e. The van der Waals surface area contributed by atoms with Crippen LogP contribution in [0.4, 0.5) is 4.39 Å². The maximum atomic E-state index is 13.3. The van der Waals surface area contributed by atoms with E-state index in [2.05, 4.69) is 4.98 Å². The summed E-state index contributed by atoms with van der Waals surface area (Å²) in [5.74, 6) is -0.183. The number of nitrogens with zero attached hydrogens (tertiary/aromatic N) is 2. The summed E-state index contributed by atoms with van der Waals surface area (Å²) in [5.41, 5.74) is 2.77. The van der Waals surface area contributed by atoms with Gasteiger partial charge in [0.25, 0.3) is 0 Å². The molecule has 0 aliphatic carbocycles. The fraction of sp³-hybridized carbons (Fsp3) is 0.368. The summed E-state index contributed by atoms with van der Waals surface area (Å²) in [6.07, 6.45) is 2.28. The number of carbonyl (C=O) groups is 1. The number of benzene rings is 1. The lowest BCUT2D eigenvalue weighted by Gasteiger charge is -2.33. The van der Waals surface area contributed by atoms with Crippen LogP contribution in [0.5, 0.6) is 0 Å². The molecule has 0 bridgehead atoms. The van der Waals surface area contributed by atoms with Gasteiger partial charge in [0.1, 0.15) is 15.7 Å². The summed E-state index contributed by atoms with van der Waals surface area (Å²) < 4.78 is 18.0. The fourth-order valence-corrected chi connectivity index (χ4v) is 5.09. The predicted octanol–water partition coefficient (Wildman–Crippen LogP) is 3.81. The first-order valence-corrected chi connectivity index (χ1v) is 9.67. The Balaban J connectivity index is 1.69. The summed E-state index contributed by atoms with van der Waals surface area (Å²) in [7, 11) is 0.